The van der Waals surface area contributed by atoms with Gasteiger partial charge < -0.3 is 10.4 Å². The first kappa shape index (κ1) is 13.7. The average Bonchev–Trinajstić information content (AvgIpc) is 2.30. The summed E-state index contributed by atoms with van der Waals surface area (Å²) in [7, 11) is 0. The van der Waals surface area contributed by atoms with Crippen molar-refractivity contribution in [3.8, 4) is 5.75 Å². The van der Waals surface area contributed by atoms with Crippen molar-refractivity contribution in [2.75, 3.05) is 6.54 Å². The number of hydrogen-bond donors (Lipinski definition) is 2. The third-order valence-electron chi connectivity index (χ3n) is 2.74. The van der Waals surface area contributed by atoms with E-state index in [0.29, 0.717) is 6.42 Å². The Morgan fingerprint density at radius 2 is 1.88 bits per heavy atom. The van der Waals surface area contributed by atoms with Gasteiger partial charge in [-0.15, -0.1) is 0 Å². The van der Waals surface area contributed by atoms with Gasteiger partial charge in [0.25, 0.3) is 0 Å². The number of aromatic hydroxyl groups is 1. The maximum atomic E-state index is 12.0. The van der Waals surface area contributed by atoms with Crippen molar-refractivity contribution in [3.05, 3.63) is 29.8 Å². The fraction of sp³-hybridized carbons (Fsp3) is 0.500. The minimum Gasteiger partial charge on any atom is -0.508 e. The zero-order chi connectivity index (χ0) is 12.8. The summed E-state index contributed by atoms with van der Waals surface area (Å²) in [6, 6.07) is 6.88. The highest BCUT2D eigenvalue weighted by molar-refractivity contribution is 5.86. The lowest BCUT2D eigenvalue weighted by molar-refractivity contribution is -0.123. The quantitative estimate of drug-likeness (QED) is 0.794. The van der Waals surface area contributed by atoms with Gasteiger partial charge in [0.1, 0.15) is 5.75 Å². The second kappa shape index (κ2) is 6.40. The summed E-state index contributed by atoms with van der Waals surface area (Å²) in [5.74, 6) is 0.528. The number of rotatable bonds is 6. The van der Waals surface area contributed by atoms with Gasteiger partial charge in [-0.05, 0) is 30.7 Å². The summed E-state index contributed by atoms with van der Waals surface area (Å²) in [5.41, 5.74) is 1.06. The third-order valence-corrected chi connectivity index (χ3v) is 2.74. The molecule has 0 aromatic heterocycles. The Balaban J connectivity index is 2.72. The standard InChI is InChI=1S/C14H21NO2/c1-4-15-13(14(17)10(2)3)9-11-5-7-12(16)8-6-11/h5-8,10,13,15-16H,4,9H2,1-3H3. The van der Waals surface area contributed by atoms with E-state index in [9.17, 15) is 9.90 Å². The molecule has 1 aromatic carbocycles. The second-order valence-corrected chi connectivity index (χ2v) is 4.54. The molecule has 3 heteroatoms. The molecule has 0 fully saturated rings. The second-order valence-electron chi connectivity index (χ2n) is 4.54. The first-order valence-electron chi connectivity index (χ1n) is 6.09. The average molecular weight is 235 g/mol. The number of Topliss-reactive ketones (excluding diaryl/α,β-unsaturated/α-hetero) is 1. The van der Waals surface area contributed by atoms with Crippen molar-refractivity contribution in [2.45, 2.75) is 33.2 Å². The Labute approximate surface area is 103 Å². The number of hydrogen-bond acceptors (Lipinski definition) is 3. The zero-order valence-electron chi connectivity index (χ0n) is 10.7. The molecule has 3 nitrogen and oxygen atoms in total. The van der Waals surface area contributed by atoms with E-state index < -0.39 is 0 Å². The molecule has 0 heterocycles. The third kappa shape index (κ3) is 4.19. The largest absolute Gasteiger partial charge is 0.508 e. The van der Waals surface area contributed by atoms with Gasteiger partial charge in [-0.3, -0.25) is 4.79 Å². The summed E-state index contributed by atoms with van der Waals surface area (Å²) in [6.45, 7) is 6.62. The van der Waals surface area contributed by atoms with Gasteiger partial charge in [0.15, 0.2) is 5.78 Å². The van der Waals surface area contributed by atoms with Gasteiger partial charge in [-0.2, -0.15) is 0 Å². The predicted molar refractivity (Wildman–Crippen MR) is 69.1 cm³/mol. The van der Waals surface area contributed by atoms with Gasteiger partial charge in [0, 0.05) is 5.92 Å². The van der Waals surface area contributed by atoms with E-state index in [-0.39, 0.29) is 23.5 Å². The van der Waals surface area contributed by atoms with Crippen molar-refractivity contribution < 1.29 is 9.90 Å². The molecule has 0 radical (unpaired) electrons. The molecule has 0 amide bonds. The van der Waals surface area contributed by atoms with Crippen LogP contribution < -0.4 is 5.32 Å². The first-order valence-corrected chi connectivity index (χ1v) is 6.09. The van der Waals surface area contributed by atoms with Crippen molar-refractivity contribution in [3.63, 3.8) is 0 Å². The van der Waals surface area contributed by atoms with E-state index in [0.717, 1.165) is 12.1 Å². The summed E-state index contributed by atoms with van der Waals surface area (Å²) in [6.07, 6.45) is 0.672. The number of likely N-dealkylation sites (N-methyl/N-ethyl adjacent to an activating group) is 1. The Bertz CT molecular complexity index is 357. The number of phenolic OH excluding ortho intramolecular Hbond substituents is 1. The summed E-state index contributed by atoms with van der Waals surface area (Å²) < 4.78 is 0. The molecule has 0 aliphatic heterocycles. The Morgan fingerprint density at radius 1 is 1.29 bits per heavy atom. The Morgan fingerprint density at radius 3 is 2.35 bits per heavy atom. The van der Waals surface area contributed by atoms with E-state index in [1.165, 1.54) is 0 Å². The summed E-state index contributed by atoms with van der Waals surface area (Å²) >= 11 is 0. The van der Waals surface area contributed by atoms with Crippen LogP contribution in [0.5, 0.6) is 5.75 Å². The van der Waals surface area contributed by atoms with E-state index in [4.69, 9.17) is 0 Å². The molecule has 0 saturated heterocycles. The van der Waals surface area contributed by atoms with Gasteiger partial charge in [0.05, 0.1) is 6.04 Å². The molecule has 17 heavy (non-hydrogen) atoms. The van der Waals surface area contributed by atoms with E-state index in [1.54, 1.807) is 12.1 Å². The Kier molecular flexibility index (Phi) is 5.16. The first-order chi connectivity index (χ1) is 8.04. The fourth-order valence-electron chi connectivity index (χ4n) is 1.79. The molecule has 0 saturated carbocycles. The lowest BCUT2D eigenvalue weighted by atomic mass is 9.96. The minimum absolute atomic E-state index is 0.0381. The molecule has 0 bridgehead atoms. The zero-order valence-corrected chi connectivity index (χ0v) is 10.7. The molecule has 1 unspecified atom stereocenters. The van der Waals surface area contributed by atoms with Crippen LogP contribution in [0.1, 0.15) is 26.3 Å². The van der Waals surface area contributed by atoms with Crippen molar-refractivity contribution in [2.24, 2.45) is 5.92 Å². The molecule has 1 rings (SSSR count). The maximum absolute atomic E-state index is 12.0. The monoisotopic (exact) mass is 235 g/mol. The van der Waals surface area contributed by atoms with Crippen LogP contribution in [0.25, 0.3) is 0 Å². The highest BCUT2D eigenvalue weighted by Gasteiger charge is 2.20. The van der Waals surface area contributed by atoms with Crippen LogP contribution in [-0.4, -0.2) is 23.5 Å². The van der Waals surface area contributed by atoms with Crippen LogP contribution in [0.4, 0.5) is 0 Å². The Hall–Kier alpha value is -1.35. The summed E-state index contributed by atoms with van der Waals surface area (Å²) in [4.78, 5) is 12.0. The van der Waals surface area contributed by atoms with Crippen LogP contribution in [-0.2, 0) is 11.2 Å². The molecule has 0 spiro atoms. The minimum atomic E-state index is -0.135. The number of phenols is 1. The van der Waals surface area contributed by atoms with Crippen LogP contribution in [0, 0.1) is 5.92 Å². The predicted octanol–water partition coefficient (Wildman–Crippen LogP) is 2.14. The molecule has 0 aliphatic rings. The molecule has 2 N–H and O–H groups in total. The number of carbonyl (C=O) groups excluding carboxylic acids is 1. The van der Waals surface area contributed by atoms with Crippen LogP contribution in [0.3, 0.4) is 0 Å². The van der Waals surface area contributed by atoms with Crippen molar-refractivity contribution in [1.82, 2.24) is 5.32 Å². The molecule has 1 atom stereocenters. The van der Waals surface area contributed by atoms with Crippen molar-refractivity contribution in [1.29, 1.82) is 0 Å². The van der Waals surface area contributed by atoms with E-state index >= 15 is 0 Å². The number of benzene rings is 1. The topological polar surface area (TPSA) is 49.3 Å². The molecular weight excluding hydrogens is 214 g/mol. The number of nitrogens with one attached hydrogen (secondary N) is 1. The molecule has 0 aliphatic carbocycles. The van der Waals surface area contributed by atoms with Crippen LogP contribution >= 0.6 is 0 Å². The van der Waals surface area contributed by atoms with Gasteiger partial charge in [-0.1, -0.05) is 32.9 Å². The summed E-state index contributed by atoms with van der Waals surface area (Å²) in [5, 5.41) is 12.4. The molecular formula is C14H21NO2. The van der Waals surface area contributed by atoms with Crippen LogP contribution in [0.15, 0.2) is 24.3 Å². The van der Waals surface area contributed by atoms with Crippen LogP contribution in [0.2, 0.25) is 0 Å². The van der Waals surface area contributed by atoms with E-state index in [1.807, 2.05) is 32.9 Å². The smallest absolute Gasteiger partial charge is 0.152 e. The lowest BCUT2D eigenvalue weighted by Crippen LogP contribution is -2.40. The maximum Gasteiger partial charge on any atom is 0.152 e. The molecule has 94 valence electrons. The highest BCUT2D eigenvalue weighted by Crippen LogP contribution is 2.13. The van der Waals surface area contributed by atoms with Crippen molar-refractivity contribution >= 4 is 5.78 Å². The number of ketones is 1. The fourth-order valence-corrected chi connectivity index (χ4v) is 1.79. The van der Waals surface area contributed by atoms with Gasteiger partial charge in [0.2, 0.25) is 0 Å². The normalized spacial score (nSPS) is 12.7. The lowest BCUT2D eigenvalue weighted by Gasteiger charge is -2.18. The number of carbonyl (C=O) groups is 1. The van der Waals surface area contributed by atoms with Gasteiger partial charge >= 0.3 is 0 Å². The molecule has 1 aromatic rings. The highest BCUT2D eigenvalue weighted by atomic mass is 16.3. The SMILES string of the molecule is CCNC(Cc1ccc(O)cc1)C(=O)C(C)C. The van der Waals surface area contributed by atoms with E-state index in [2.05, 4.69) is 5.32 Å². The van der Waals surface area contributed by atoms with Gasteiger partial charge in [-0.25, -0.2) is 0 Å².